The number of hydrogen-bond acceptors (Lipinski definition) is 5. The molecule has 4 N–H and O–H groups in total. The largest absolute Gasteiger partial charge is 0.381 e. The molecule has 8 nitrogen and oxygen atoms in total. The zero-order chi connectivity index (χ0) is 19.7. The SMILES string of the molecule is CNC(=O)C(C(=O)NO)N(C)C(=O)c1ccc(C#CC#CC(C)O)cc1. The second-order valence-electron chi connectivity index (χ2n) is 5.18. The van der Waals surface area contributed by atoms with Crippen LogP contribution in [-0.4, -0.2) is 59.2 Å². The van der Waals surface area contributed by atoms with E-state index in [0.29, 0.717) is 5.56 Å². The Morgan fingerprint density at radius 1 is 1.12 bits per heavy atom. The van der Waals surface area contributed by atoms with Crippen LogP contribution in [0.1, 0.15) is 22.8 Å². The van der Waals surface area contributed by atoms with Crippen molar-refractivity contribution in [3.63, 3.8) is 0 Å². The molecule has 8 heteroatoms. The van der Waals surface area contributed by atoms with Crippen LogP contribution < -0.4 is 10.8 Å². The number of likely N-dealkylation sites (N-methyl/N-ethyl adjacent to an activating group) is 2. The zero-order valence-corrected chi connectivity index (χ0v) is 14.5. The molecule has 0 aliphatic carbocycles. The van der Waals surface area contributed by atoms with Crippen molar-refractivity contribution >= 4 is 17.7 Å². The number of benzene rings is 1. The molecule has 26 heavy (non-hydrogen) atoms. The van der Waals surface area contributed by atoms with E-state index in [9.17, 15) is 14.4 Å². The van der Waals surface area contributed by atoms with Gasteiger partial charge in [0.15, 0.2) is 6.04 Å². The van der Waals surface area contributed by atoms with Gasteiger partial charge in [-0.3, -0.25) is 19.6 Å². The van der Waals surface area contributed by atoms with Gasteiger partial charge in [-0.1, -0.05) is 11.8 Å². The molecule has 0 radical (unpaired) electrons. The van der Waals surface area contributed by atoms with Gasteiger partial charge in [-0.05, 0) is 43.0 Å². The topological polar surface area (TPSA) is 119 Å². The maximum atomic E-state index is 12.5. The fourth-order valence-corrected chi connectivity index (χ4v) is 1.93. The van der Waals surface area contributed by atoms with Gasteiger partial charge in [-0.15, -0.1) is 0 Å². The fourth-order valence-electron chi connectivity index (χ4n) is 1.93. The summed E-state index contributed by atoms with van der Waals surface area (Å²) in [5, 5.41) is 20.0. The summed E-state index contributed by atoms with van der Waals surface area (Å²) in [6, 6.07) is 4.62. The Balaban J connectivity index is 2.97. The molecule has 1 aromatic carbocycles. The minimum atomic E-state index is -1.52. The quantitative estimate of drug-likeness (QED) is 0.241. The number of aliphatic hydroxyl groups excluding tert-OH is 1. The standard InChI is InChI=1S/C18H19N3O5/c1-12(22)6-4-5-7-13-8-10-14(11-9-13)18(25)21(3)15(16(23)19-2)17(24)20-26/h8-12,15,22,26H,1-3H3,(H,19,23)(H,20,24). The highest BCUT2D eigenvalue weighted by Crippen LogP contribution is 2.09. The molecular weight excluding hydrogens is 338 g/mol. The average Bonchev–Trinajstić information content (AvgIpc) is 2.64. The lowest BCUT2D eigenvalue weighted by atomic mass is 10.1. The molecule has 0 aromatic heterocycles. The normalized spacial score (nSPS) is 11.6. The summed E-state index contributed by atoms with van der Waals surface area (Å²) in [7, 11) is 2.59. The van der Waals surface area contributed by atoms with E-state index in [4.69, 9.17) is 10.3 Å². The summed E-state index contributed by atoms with van der Waals surface area (Å²) in [5.74, 6) is 7.93. The summed E-state index contributed by atoms with van der Waals surface area (Å²) in [6.07, 6.45) is -0.760. The third kappa shape index (κ3) is 5.64. The highest BCUT2D eigenvalue weighted by Gasteiger charge is 2.33. The molecule has 0 aliphatic heterocycles. The van der Waals surface area contributed by atoms with Crippen LogP contribution in [-0.2, 0) is 9.59 Å². The average molecular weight is 357 g/mol. The maximum Gasteiger partial charge on any atom is 0.275 e. The van der Waals surface area contributed by atoms with Gasteiger partial charge in [0.05, 0.1) is 0 Å². The number of amides is 3. The fraction of sp³-hybridized carbons (Fsp3) is 0.278. The molecule has 136 valence electrons. The van der Waals surface area contributed by atoms with Crippen LogP contribution in [0.4, 0.5) is 0 Å². The second kappa shape index (κ2) is 9.84. The highest BCUT2D eigenvalue weighted by molar-refractivity contribution is 6.08. The van der Waals surface area contributed by atoms with E-state index in [0.717, 1.165) is 4.90 Å². The molecule has 0 bridgehead atoms. The van der Waals surface area contributed by atoms with Crippen molar-refractivity contribution in [2.75, 3.05) is 14.1 Å². The van der Waals surface area contributed by atoms with E-state index in [-0.39, 0.29) is 5.56 Å². The Kier molecular flexibility index (Phi) is 7.84. The minimum Gasteiger partial charge on any atom is -0.381 e. The molecule has 2 unspecified atom stereocenters. The molecule has 0 heterocycles. The lowest BCUT2D eigenvalue weighted by molar-refractivity contribution is -0.140. The Morgan fingerprint density at radius 2 is 1.73 bits per heavy atom. The Morgan fingerprint density at radius 3 is 2.23 bits per heavy atom. The maximum absolute atomic E-state index is 12.5. The summed E-state index contributed by atoms with van der Waals surface area (Å²) in [4.78, 5) is 36.9. The lowest BCUT2D eigenvalue weighted by Crippen LogP contribution is -2.54. The number of rotatable bonds is 4. The minimum absolute atomic E-state index is 0.229. The van der Waals surface area contributed by atoms with Gasteiger partial charge in [-0.25, -0.2) is 5.48 Å². The smallest absolute Gasteiger partial charge is 0.275 e. The van der Waals surface area contributed by atoms with Crippen molar-refractivity contribution in [1.29, 1.82) is 0 Å². The molecule has 1 rings (SSSR count). The van der Waals surface area contributed by atoms with Crippen LogP contribution in [0.25, 0.3) is 0 Å². The molecule has 0 aliphatic rings. The number of hydroxylamine groups is 1. The van der Waals surface area contributed by atoms with E-state index >= 15 is 0 Å². The Bertz CT molecular complexity index is 778. The third-order valence-electron chi connectivity index (χ3n) is 3.24. The van der Waals surface area contributed by atoms with Crippen molar-refractivity contribution in [2.45, 2.75) is 19.1 Å². The second-order valence-corrected chi connectivity index (χ2v) is 5.18. The molecule has 0 saturated heterocycles. The van der Waals surface area contributed by atoms with Crippen LogP contribution in [0.15, 0.2) is 24.3 Å². The van der Waals surface area contributed by atoms with Crippen LogP contribution in [0.5, 0.6) is 0 Å². The van der Waals surface area contributed by atoms with Gasteiger partial charge in [0.2, 0.25) is 0 Å². The summed E-state index contributed by atoms with van der Waals surface area (Å²) in [6.45, 7) is 1.52. The first-order chi connectivity index (χ1) is 12.3. The van der Waals surface area contributed by atoms with E-state index in [1.54, 1.807) is 12.1 Å². The first-order valence-corrected chi connectivity index (χ1v) is 7.54. The van der Waals surface area contributed by atoms with Crippen molar-refractivity contribution in [2.24, 2.45) is 0 Å². The number of carbonyl (C=O) groups excluding carboxylic acids is 3. The van der Waals surface area contributed by atoms with Crippen LogP contribution >= 0.6 is 0 Å². The molecule has 0 spiro atoms. The summed E-state index contributed by atoms with van der Waals surface area (Å²) < 4.78 is 0. The van der Waals surface area contributed by atoms with Gasteiger partial charge >= 0.3 is 0 Å². The van der Waals surface area contributed by atoms with E-state index in [1.165, 1.54) is 38.6 Å². The van der Waals surface area contributed by atoms with Crippen LogP contribution in [0.2, 0.25) is 0 Å². The zero-order valence-electron chi connectivity index (χ0n) is 14.5. The number of nitrogens with one attached hydrogen (secondary N) is 2. The van der Waals surface area contributed by atoms with Crippen molar-refractivity contribution in [3.8, 4) is 23.7 Å². The summed E-state index contributed by atoms with van der Waals surface area (Å²) >= 11 is 0. The van der Waals surface area contributed by atoms with Gasteiger partial charge < -0.3 is 15.3 Å². The first kappa shape index (κ1) is 20.7. The Hall–Kier alpha value is -3.33. The van der Waals surface area contributed by atoms with Gasteiger partial charge in [0.1, 0.15) is 6.10 Å². The molecule has 0 saturated carbocycles. The number of aliphatic hydroxyl groups is 1. The Labute approximate surface area is 151 Å². The van der Waals surface area contributed by atoms with Crippen molar-refractivity contribution in [1.82, 2.24) is 15.7 Å². The van der Waals surface area contributed by atoms with Crippen molar-refractivity contribution < 1.29 is 24.7 Å². The van der Waals surface area contributed by atoms with Crippen LogP contribution in [0, 0.1) is 23.7 Å². The molecule has 0 fully saturated rings. The predicted molar refractivity (Wildman–Crippen MR) is 92.7 cm³/mol. The van der Waals surface area contributed by atoms with Crippen molar-refractivity contribution in [3.05, 3.63) is 35.4 Å². The molecule has 3 amide bonds. The molecular formula is C18H19N3O5. The van der Waals surface area contributed by atoms with E-state index in [2.05, 4.69) is 29.0 Å². The van der Waals surface area contributed by atoms with E-state index < -0.39 is 29.9 Å². The van der Waals surface area contributed by atoms with E-state index in [1.807, 2.05) is 0 Å². The third-order valence-corrected chi connectivity index (χ3v) is 3.24. The van der Waals surface area contributed by atoms with Gasteiger partial charge in [0.25, 0.3) is 17.7 Å². The first-order valence-electron chi connectivity index (χ1n) is 7.54. The predicted octanol–water partition coefficient (Wildman–Crippen LogP) is -0.886. The number of nitrogens with zero attached hydrogens (tertiary/aromatic N) is 1. The monoisotopic (exact) mass is 357 g/mol. The van der Waals surface area contributed by atoms with Gasteiger partial charge in [0, 0.05) is 25.2 Å². The number of hydrogen-bond donors (Lipinski definition) is 4. The summed E-state index contributed by atoms with van der Waals surface area (Å²) in [5.41, 5.74) is 2.20. The molecule has 2 atom stereocenters. The molecule has 1 aromatic rings. The highest BCUT2D eigenvalue weighted by atomic mass is 16.5. The van der Waals surface area contributed by atoms with Gasteiger partial charge in [-0.2, -0.15) is 0 Å². The lowest BCUT2D eigenvalue weighted by Gasteiger charge is -2.25. The van der Waals surface area contributed by atoms with Crippen LogP contribution in [0.3, 0.4) is 0 Å². The number of carbonyl (C=O) groups is 3.